The maximum absolute atomic E-state index is 13.6. The Balaban J connectivity index is 1.45. The van der Waals surface area contributed by atoms with E-state index >= 15 is 0 Å². The van der Waals surface area contributed by atoms with Gasteiger partial charge in [-0.2, -0.15) is 18.3 Å². The maximum Gasteiger partial charge on any atom is 0.410 e. The van der Waals surface area contributed by atoms with Crippen molar-refractivity contribution < 1.29 is 22.5 Å². The predicted octanol–water partition coefficient (Wildman–Crippen LogP) is 4.15. The zero-order chi connectivity index (χ0) is 21.5. The number of hydrogen-bond acceptors (Lipinski definition) is 5. The van der Waals surface area contributed by atoms with Crippen LogP contribution in [-0.2, 0) is 6.42 Å². The summed E-state index contributed by atoms with van der Waals surface area (Å²) in [5.41, 5.74) is 1.39. The summed E-state index contributed by atoms with van der Waals surface area (Å²) in [5.74, 6) is 0.474. The molecule has 4 rings (SSSR count). The van der Waals surface area contributed by atoms with Gasteiger partial charge in [0.05, 0.1) is 11.4 Å². The molecule has 1 amide bonds. The van der Waals surface area contributed by atoms with Crippen molar-refractivity contribution in [3.05, 3.63) is 29.3 Å². The summed E-state index contributed by atoms with van der Waals surface area (Å²) < 4.78 is 46.9. The van der Waals surface area contributed by atoms with Crippen LogP contribution in [0.1, 0.15) is 73.4 Å². The lowest BCUT2D eigenvalue weighted by molar-refractivity contribution is -0.173. The SMILES string of the molecule is CCc1cc(C(=O)N2CCC(c3cc4n(n3)[C@@H](C(F)(F)F)C[C@@H](CC)N4)CC2)on1. The molecule has 2 aliphatic rings. The number of alkyl halides is 3. The number of anilines is 1. The highest BCUT2D eigenvalue weighted by Gasteiger charge is 2.46. The van der Waals surface area contributed by atoms with Gasteiger partial charge in [0, 0.05) is 37.2 Å². The molecular formula is C20H26F3N5O2. The molecule has 4 heterocycles. The quantitative estimate of drug-likeness (QED) is 0.796. The zero-order valence-corrected chi connectivity index (χ0v) is 17.1. The number of hydrogen-bond donors (Lipinski definition) is 1. The van der Waals surface area contributed by atoms with Crippen molar-refractivity contribution >= 4 is 11.7 Å². The number of piperidine rings is 1. The molecule has 2 aromatic rings. The third-order valence-corrected chi connectivity index (χ3v) is 6.11. The van der Waals surface area contributed by atoms with Gasteiger partial charge in [0.25, 0.3) is 5.91 Å². The summed E-state index contributed by atoms with van der Waals surface area (Å²) in [6.07, 6.45) is -1.75. The average Bonchev–Trinajstić information content (AvgIpc) is 3.38. The van der Waals surface area contributed by atoms with E-state index in [0.29, 0.717) is 50.3 Å². The molecule has 0 unspecified atom stereocenters. The van der Waals surface area contributed by atoms with Crippen LogP contribution < -0.4 is 5.32 Å². The van der Waals surface area contributed by atoms with Crippen LogP contribution in [0, 0.1) is 0 Å². The van der Waals surface area contributed by atoms with Crippen LogP contribution >= 0.6 is 0 Å². The summed E-state index contributed by atoms with van der Waals surface area (Å²) in [4.78, 5) is 14.3. The van der Waals surface area contributed by atoms with Gasteiger partial charge in [-0.15, -0.1) is 0 Å². The lowest BCUT2D eigenvalue weighted by atomic mass is 9.93. The highest BCUT2D eigenvalue weighted by molar-refractivity contribution is 5.91. The highest BCUT2D eigenvalue weighted by atomic mass is 19.4. The Kier molecular flexibility index (Phi) is 5.50. The third kappa shape index (κ3) is 3.91. The molecule has 1 N–H and O–H groups in total. The predicted molar refractivity (Wildman–Crippen MR) is 103 cm³/mol. The van der Waals surface area contributed by atoms with E-state index in [9.17, 15) is 18.0 Å². The van der Waals surface area contributed by atoms with E-state index in [0.717, 1.165) is 10.4 Å². The normalized spacial score (nSPS) is 22.6. The summed E-state index contributed by atoms with van der Waals surface area (Å²) in [6, 6.07) is 1.58. The van der Waals surface area contributed by atoms with Crippen LogP contribution in [-0.4, -0.2) is 51.1 Å². The van der Waals surface area contributed by atoms with Crippen molar-refractivity contribution in [1.82, 2.24) is 19.8 Å². The lowest BCUT2D eigenvalue weighted by Gasteiger charge is -2.32. The molecule has 7 nitrogen and oxygen atoms in total. The standard InChI is InChI=1S/C20H26F3N5O2/c1-3-13-10-17(20(21,22)23)28-18(24-13)11-15(25-28)12-5-7-27(8-6-12)19(29)16-9-14(4-2)26-30-16/h9,11-13,17,24H,3-8,10H2,1-2H3/t13-,17-/m1/s1. The second-order valence-corrected chi connectivity index (χ2v) is 8.04. The molecule has 0 radical (unpaired) electrons. The zero-order valence-electron chi connectivity index (χ0n) is 17.1. The van der Waals surface area contributed by atoms with E-state index in [-0.39, 0.29) is 30.0 Å². The maximum atomic E-state index is 13.6. The van der Waals surface area contributed by atoms with E-state index in [1.165, 1.54) is 0 Å². The minimum Gasteiger partial charge on any atom is -0.367 e. The van der Waals surface area contributed by atoms with Gasteiger partial charge >= 0.3 is 6.18 Å². The molecule has 0 spiro atoms. The summed E-state index contributed by atoms with van der Waals surface area (Å²) in [7, 11) is 0. The van der Waals surface area contributed by atoms with Crippen molar-refractivity contribution in [2.24, 2.45) is 0 Å². The number of nitrogens with zero attached hydrogens (tertiary/aromatic N) is 4. The fourth-order valence-corrected chi connectivity index (χ4v) is 4.25. The van der Waals surface area contributed by atoms with Gasteiger partial charge in [0.1, 0.15) is 5.82 Å². The molecule has 164 valence electrons. The highest BCUT2D eigenvalue weighted by Crippen LogP contribution is 2.41. The lowest BCUT2D eigenvalue weighted by Crippen LogP contribution is -2.39. The molecule has 1 saturated heterocycles. The summed E-state index contributed by atoms with van der Waals surface area (Å²) in [6.45, 7) is 4.81. The van der Waals surface area contributed by atoms with Crippen molar-refractivity contribution in [3.63, 3.8) is 0 Å². The first-order chi connectivity index (χ1) is 14.3. The Morgan fingerprint density at radius 1 is 1.27 bits per heavy atom. The van der Waals surface area contributed by atoms with Crippen molar-refractivity contribution in [3.8, 4) is 0 Å². The average molecular weight is 425 g/mol. The van der Waals surface area contributed by atoms with Gasteiger partial charge in [0.15, 0.2) is 6.04 Å². The first-order valence-electron chi connectivity index (χ1n) is 10.5. The van der Waals surface area contributed by atoms with Gasteiger partial charge in [-0.1, -0.05) is 19.0 Å². The molecule has 0 saturated carbocycles. The molecule has 2 aliphatic heterocycles. The van der Waals surface area contributed by atoms with Crippen molar-refractivity contribution in [2.75, 3.05) is 18.4 Å². The molecular weight excluding hydrogens is 399 g/mol. The van der Waals surface area contributed by atoms with Crippen LogP contribution in [0.3, 0.4) is 0 Å². The van der Waals surface area contributed by atoms with E-state index in [1.807, 2.05) is 13.8 Å². The Morgan fingerprint density at radius 3 is 2.60 bits per heavy atom. The Bertz CT molecular complexity index is 899. The topological polar surface area (TPSA) is 76.2 Å². The summed E-state index contributed by atoms with van der Waals surface area (Å²) in [5, 5.41) is 11.4. The number of aromatic nitrogens is 3. The van der Waals surface area contributed by atoms with Crippen LogP contribution in [0.15, 0.2) is 16.7 Å². The monoisotopic (exact) mass is 425 g/mol. The summed E-state index contributed by atoms with van der Waals surface area (Å²) >= 11 is 0. The number of halogens is 3. The minimum absolute atomic E-state index is 0.0159. The molecule has 2 aromatic heterocycles. The van der Waals surface area contributed by atoms with Gasteiger partial charge in [-0.25, -0.2) is 4.68 Å². The minimum atomic E-state index is -4.34. The molecule has 0 aliphatic carbocycles. The van der Waals surface area contributed by atoms with Gasteiger partial charge in [-0.3, -0.25) is 4.79 Å². The molecule has 2 atom stereocenters. The van der Waals surface area contributed by atoms with Crippen LogP contribution in [0.25, 0.3) is 0 Å². The van der Waals surface area contributed by atoms with E-state index in [1.54, 1.807) is 17.0 Å². The number of likely N-dealkylation sites (tertiary alicyclic amines) is 1. The molecule has 0 aromatic carbocycles. The fourth-order valence-electron chi connectivity index (χ4n) is 4.25. The largest absolute Gasteiger partial charge is 0.410 e. The Hall–Kier alpha value is -2.52. The fraction of sp³-hybridized carbons (Fsp3) is 0.650. The third-order valence-electron chi connectivity index (χ3n) is 6.11. The number of aryl methyl sites for hydroxylation is 1. The molecule has 30 heavy (non-hydrogen) atoms. The van der Waals surface area contributed by atoms with Crippen LogP contribution in [0.5, 0.6) is 0 Å². The molecule has 1 fully saturated rings. The number of amides is 1. The van der Waals surface area contributed by atoms with Gasteiger partial charge in [-0.05, 0) is 32.1 Å². The molecule has 0 bridgehead atoms. The number of rotatable bonds is 4. The van der Waals surface area contributed by atoms with E-state index < -0.39 is 12.2 Å². The number of fused-ring (bicyclic) bond motifs is 1. The van der Waals surface area contributed by atoms with Crippen LogP contribution in [0.4, 0.5) is 19.0 Å². The Labute approximate surface area is 172 Å². The molecule has 10 heteroatoms. The second-order valence-electron chi connectivity index (χ2n) is 8.04. The first-order valence-corrected chi connectivity index (χ1v) is 10.5. The van der Waals surface area contributed by atoms with E-state index in [2.05, 4.69) is 15.6 Å². The Morgan fingerprint density at radius 2 is 2.00 bits per heavy atom. The second kappa shape index (κ2) is 7.96. The number of carbonyl (C=O) groups excluding carboxylic acids is 1. The van der Waals surface area contributed by atoms with Crippen molar-refractivity contribution in [2.45, 2.75) is 70.1 Å². The van der Waals surface area contributed by atoms with Gasteiger partial charge in [0.2, 0.25) is 5.76 Å². The van der Waals surface area contributed by atoms with Gasteiger partial charge < -0.3 is 14.7 Å². The number of nitrogens with one attached hydrogen (secondary N) is 1. The first kappa shape index (κ1) is 20.7. The smallest absolute Gasteiger partial charge is 0.367 e. The van der Waals surface area contributed by atoms with E-state index in [4.69, 9.17) is 4.52 Å². The number of carbonyl (C=O) groups is 1. The van der Waals surface area contributed by atoms with Crippen LogP contribution in [0.2, 0.25) is 0 Å². The van der Waals surface area contributed by atoms with Crippen molar-refractivity contribution in [1.29, 1.82) is 0 Å².